The Labute approximate surface area is 93.8 Å². The molecule has 0 aliphatic carbocycles. The van der Waals surface area contributed by atoms with Gasteiger partial charge in [-0.15, -0.1) is 0 Å². The summed E-state index contributed by atoms with van der Waals surface area (Å²) in [5.74, 6) is 0.657. The molecule has 1 unspecified atom stereocenters. The fourth-order valence-corrected chi connectivity index (χ4v) is 1.23. The molecule has 3 nitrogen and oxygen atoms in total. The first-order valence-electron chi connectivity index (χ1n) is 5.78. The van der Waals surface area contributed by atoms with Gasteiger partial charge in [0.25, 0.3) is 0 Å². The second-order valence-electron chi connectivity index (χ2n) is 5.67. The Kier molecular flexibility index (Phi) is 5.88. The van der Waals surface area contributed by atoms with Crippen LogP contribution in [0.15, 0.2) is 0 Å². The van der Waals surface area contributed by atoms with E-state index >= 15 is 0 Å². The van der Waals surface area contributed by atoms with Crippen LogP contribution in [0.5, 0.6) is 0 Å². The number of carbonyl (C=O) groups is 1. The summed E-state index contributed by atoms with van der Waals surface area (Å²) in [6, 6.07) is -0.420. The molecular formula is C12H26N2O. The number of carbonyl (C=O) groups excluding carboxylic acids is 1. The Bertz CT molecular complexity index is 194. The van der Waals surface area contributed by atoms with Gasteiger partial charge >= 0.3 is 0 Å². The molecule has 0 rings (SSSR count). The average Bonchev–Trinajstić information content (AvgIpc) is 2.09. The third kappa shape index (κ3) is 6.50. The lowest BCUT2D eigenvalue weighted by atomic mass is 9.87. The third-order valence-electron chi connectivity index (χ3n) is 2.47. The van der Waals surface area contributed by atoms with Gasteiger partial charge in [0.1, 0.15) is 0 Å². The molecule has 0 spiro atoms. The molecule has 3 heteroatoms. The first-order valence-corrected chi connectivity index (χ1v) is 5.78. The summed E-state index contributed by atoms with van der Waals surface area (Å²) in [5.41, 5.74) is 5.66. The molecule has 0 aromatic rings. The van der Waals surface area contributed by atoms with E-state index in [2.05, 4.69) is 19.2 Å². The van der Waals surface area contributed by atoms with E-state index in [0.29, 0.717) is 5.92 Å². The summed E-state index contributed by atoms with van der Waals surface area (Å²) in [5, 5.41) is 2.88. The molecule has 0 saturated heterocycles. The summed E-state index contributed by atoms with van der Waals surface area (Å²) in [6.45, 7) is 11.0. The molecule has 0 aromatic carbocycles. The van der Waals surface area contributed by atoms with Crippen LogP contribution in [0.3, 0.4) is 0 Å². The van der Waals surface area contributed by atoms with Crippen molar-refractivity contribution < 1.29 is 4.79 Å². The van der Waals surface area contributed by atoms with Crippen molar-refractivity contribution in [3.63, 3.8) is 0 Å². The summed E-state index contributed by atoms with van der Waals surface area (Å²) >= 11 is 0. The minimum atomic E-state index is -0.420. The van der Waals surface area contributed by atoms with Crippen molar-refractivity contribution in [1.29, 1.82) is 0 Å². The molecular weight excluding hydrogens is 188 g/mol. The van der Waals surface area contributed by atoms with Gasteiger partial charge in [0.05, 0.1) is 6.04 Å². The molecule has 0 heterocycles. The number of nitrogens with two attached hydrogens (primary N) is 1. The highest BCUT2D eigenvalue weighted by Gasteiger charge is 2.26. The predicted molar refractivity (Wildman–Crippen MR) is 64.5 cm³/mol. The number of nitrogens with one attached hydrogen (secondary N) is 1. The summed E-state index contributed by atoms with van der Waals surface area (Å²) in [7, 11) is 0. The first-order chi connectivity index (χ1) is 6.75. The van der Waals surface area contributed by atoms with E-state index in [1.54, 1.807) is 0 Å². The van der Waals surface area contributed by atoms with E-state index in [4.69, 9.17) is 5.73 Å². The minimum absolute atomic E-state index is 0.0359. The predicted octanol–water partition coefficient (Wildman–Crippen LogP) is 1.91. The zero-order chi connectivity index (χ0) is 12.1. The highest BCUT2D eigenvalue weighted by molar-refractivity contribution is 5.82. The Morgan fingerprint density at radius 3 is 2.27 bits per heavy atom. The lowest BCUT2D eigenvalue weighted by Gasteiger charge is -2.25. The summed E-state index contributed by atoms with van der Waals surface area (Å²) < 4.78 is 0. The van der Waals surface area contributed by atoms with Crippen LogP contribution >= 0.6 is 0 Å². The molecule has 3 N–H and O–H groups in total. The van der Waals surface area contributed by atoms with Gasteiger partial charge in [-0.2, -0.15) is 0 Å². The van der Waals surface area contributed by atoms with E-state index in [-0.39, 0.29) is 11.3 Å². The number of hydrogen-bond donors (Lipinski definition) is 2. The zero-order valence-electron chi connectivity index (χ0n) is 10.8. The Morgan fingerprint density at radius 2 is 1.87 bits per heavy atom. The highest BCUT2D eigenvalue weighted by Crippen LogP contribution is 2.17. The van der Waals surface area contributed by atoms with Crippen LogP contribution in [-0.4, -0.2) is 18.5 Å². The Morgan fingerprint density at radius 1 is 1.33 bits per heavy atom. The van der Waals surface area contributed by atoms with Crippen LogP contribution in [0, 0.1) is 11.3 Å². The molecule has 1 atom stereocenters. The van der Waals surface area contributed by atoms with Crippen molar-refractivity contribution in [2.75, 3.05) is 6.54 Å². The van der Waals surface area contributed by atoms with E-state index in [9.17, 15) is 4.79 Å². The van der Waals surface area contributed by atoms with Crippen LogP contribution in [0.1, 0.15) is 47.5 Å². The maximum absolute atomic E-state index is 11.6. The largest absolute Gasteiger partial charge is 0.355 e. The van der Waals surface area contributed by atoms with Gasteiger partial charge in [0, 0.05) is 6.54 Å². The van der Waals surface area contributed by atoms with Gasteiger partial charge in [-0.25, -0.2) is 0 Å². The second-order valence-corrected chi connectivity index (χ2v) is 5.67. The van der Waals surface area contributed by atoms with Gasteiger partial charge in [0.15, 0.2) is 0 Å². The SMILES string of the molecule is CC(C)CCCNC(=O)C(N)C(C)(C)C. The van der Waals surface area contributed by atoms with Gasteiger partial charge < -0.3 is 11.1 Å². The van der Waals surface area contributed by atoms with Crippen molar-refractivity contribution in [3.05, 3.63) is 0 Å². The highest BCUT2D eigenvalue weighted by atomic mass is 16.2. The third-order valence-corrected chi connectivity index (χ3v) is 2.47. The van der Waals surface area contributed by atoms with E-state index in [0.717, 1.165) is 19.4 Å². The van der Waals surface area contributed by atoms with Crippen molar-refractivity contribution in [1.82, 2.24) is 5.32 Å². The van der Waals surface area contributed by atoms with Crippen LogP contribution in [-0.2, 0) is 4.79 Å². The fourth-order valence-electron chi connectivity index (χ4n) is 1.23. The molecule has 15 heavy (non-hydrogen) atoms. The van der Waals surface area contributed by atoms with Crippen LogP contribution < -0.4 is 11.1 Å². The monoisotopic (exact) mass is 214 g/mol. The average molecular weight is 214 g/mol. The molecule has 0 fully saturated rings. The number of hydrogen-bond acceptors (Lipinski definition) is 2. The van der Waals surface area contributed by atoms with E-state index < -0.39 is 6.04 Å². The molecule has 0 bridgehead atoms. The van der Waals surface area contributed by atoms with Crippen LogP contribution in [0.2, 0.25) is 0 Å². The lowest BCUT2D eigenvalue weighted by molar-refractivity contribution is -0.124. The maximum Gasteiger partial charge on any atom is 0.237 e. The molecule has 0 aliphatic heterocycles. The minimum Gasteiger partial charge on any atom is -0.355 e. The lowest BCUT2D eigenvalue weighted by Crippen LogP contribution is -2.48. The van der Waals surface area contributed by atoms with Crippen LogP contribution in [0.4, 0.5) is 0 Å². The fraction of sp³-hybridized carbons (Fsp3) is 0.917. The van der Waals surface area contributed by atoms with Gasteiger partial charge in [-0.1, -0.05) is 34.6 Å². The molecule has 0 aromatic heterocycles. The van der Waals surface area contributed by atoms with Gasteiger partial charge in [-0.05, 0) is 24.2 Å². The number of amides is 1. The normalized spacial score (nSPS) is 14.1. The van der Waals surface area contributed by atoms with Gasteiger partial charge in [-0.3, -0.25) is 4.79 Å². The number of rotatable bonds is 5. The molecule has 0 aliphatic rings. The topological polar surface area (TPSA) is 55.1 Å². The second kappa shape index (κ2) is 6.11. The maximum atomic E-state index is 11.6. The quantitative estimate of drug-likeness (QED) is 0.687. The smallest absolute Gasteiger partial charge is 0.237 e. The summed E-state index contributed by atoms with van der Waals surface area (Å²) in [4.78, 5) is 11.6. The molecule has 90 valence electrons. The molecule has 1 amide bonds. The van der Waals surface area contributed by atoms with Crippen molar-refractivity contribution in [2.24, 2.45) is 17.1 Å². The van der Waals surface area contributed by atoms with Crippen LogP contribution in [0.25, 0.3) is 0 Å². The molecule has 0 saturated carbocycles. The standard InChI is InChI=1S/C12H26N2O/c1-9(2)7-6-8-14-11(15)10(13)12(3,4)5/h9-10H,6-8,13H2,1-5H3,(H,14,15). The van der Waals surface area contributed by atoms with Crippen molar-refractivity contribution in [3.8, 4) is 0 Å². The Hall–Kier alpha value is -0.570. The Balaban J connectivity index is 3.75. The molecule has 0 radical (unpaired) electrons. The summed E-state index contributed by atoms with van der Waals surface area (Å²) in [6.07, 6.45) is 2.17. The van der Waals surface area contributed by atoms with Crippen molar-refractivity contribution in [2.45, 2.75) is 53.5 Å². The van der Waals surface area contributed by atoms with Gasteiger partial charge in [0.2, 0.25) is 5.91 Å². The van der Waals surface area contributed by atoms with Crippen molar-refractivity contribution >= 4 is 5.91 Å². The van der Waals surface area contributed by atoms with E-state index in [1.165, 1.54) is 0 Å². The zero-order valence-corrected chi connectivity index (χ0v) is 10.8. The first kappa shape index (κ1) is 14.4. The van der Waals surface area contributed by atoms with E-state index in [1.807, 2.05) is 20.8 Å².